The Labute approximate surface area is 94.4 Å². The van der Waals surface area contributed by atoms with Crippen molar-refractivity contribution in [3.05, 3.63) is 42.1 Å². The minimum atomic E-state index is -0.515. The van der Waals surface area contributed by atoms with Gasteiger partial charge in [-0.05, 0) is 30.5 Å². The molecule has 0 spiro atoms. The number of benzene rings is 1. The van der Waals surface area contributed by atoms with Crippen LogP contribution in [0.5, 0.6) is 0 Å². The summed E-state index contributed by atoms with van der Waals surface area (Å²) in [4.78, 5) is 4.24. The molecule has 2 N–H and O–H groups in total. The number of pyridine rings is 1. The summed E-state index contributed by atoms with van der Waals surface area (Å²) in [7, 11) is 0. The molecule has 0 saturated heterocycles. The number of hydrogen-bond donors (Lipinski definition) is 2. The van der Waals surface area contributed by atoms with E-state index in [-0.39, 0.29) is 6.61 Å². The number of hydrogen-bond acceptors (Lipinski definition) is 3. The van der Waals surface area contributed by atoms with Gasteiger partial charge in [-0.25, -0.2) is 0 Å². The largest absolute Gasteiger partial charge is 0.396 e. The predicted molar refractivity (Wildman–Crippen MR) is 63.0 cm³/mol. The van der Waals surface area contributed by atoms with Crippen molar-refractivity contribution < 1.29 is 10.2 Å². The average Bonchev–Trinajstić information content (AvgIpc) is 2.35. The zero-order valence-electron chi connectivity index (χ0n) is 9.00. The van der Waals surface area contributed by atoms with Crippen LogP contribution < -0.4 is 0 Å². The molecule has 2 aromatic rings. The number of fused-ring (bicyclic) bond motifs is 1. The molecule has 0 bridgehead atoms. The van der Waals surface area contributed by atoms with Crippen molar-refractivity contribution in [1.29, 1.82) is 0 Å². The number of aromatic nitrogens is 1. The van der Waals surface area contributed by atoms with E-state index in [2.05, 4.69) is 4.98 Å². The molecule has 84 valence electrons. The van der Waals surface area contributed by atoms with Gasteiger partial charge < -0.3 is 10.2 Å². The highest BCUT2D eigenvalue weighted by molar-refractivity contribution is 5.78. The lowest BCUT2D eigenvalue weighted by atomic mass is 10.0. The summed E-state index contributed by atoms with van der Waals surface area (Å²) >= 11 is 0. The van der Waals surface area contributed by atoms with Crippen molar-refractivity contribution in [2.75, 3.05) is 6.61 Å². The Morgan fingerprint density at radius 2 is 2.12 bits per heavy atom. The number of aliphatic hydroxyl groups is 2. The fraction of sp³-hybridized carbons (Fsp3) is 0.308. The molecule has 2 rings (SSSR count). The Hall–Kier alpha value is -1.45. The van der Waals surface area contributed by atoms with Gasteiger partial charge in [-0.2, -0.15) is 0 Å². The minimum Gasteiger partial charge on any atom is -0.396 e. The molecule has 0 aliphatic rings. The van der Waals surface area contributed by atoms with Gasteiger partial charge in [0.1, 0.15) is 0 Å². The molecule has 1 aromatic carbocycles. The van der Waals surface area contributed by atoms with Crippen molar-refractivity contribution in [2.45, 2.75) is 18.9 Å². The Morgan fingerprint density at radius 3 is 2.94 bits per heavy atom. The molecule has 1 aromatic heterocycles. The Balaban J connectivity index is 2.25. The molecule has 0 aliphatic heterocycles. The Kier molecular flexibility index (Phi) is 3.49. The van der Waals surface area contributed by atoms with Crippen LogP contribution in [0.25, 0.3) is 10.9 Å². The number of nitrogens with zero attached hydrogens (tertiary/aromatic N) is 1. The van der Waals surface area contributed by atoms with Crippen molar-refractivity contribution in [2.24, 2.45) is 0 Å². The van der Waals surface area contributed by atoms with E-state index in [1.54, 1.807) is 6.20 Å². The normalized spacial score (nSPS) is 12.9. The summed E-state index contributed by atoms with van der Waals surface area (Å²) in [5, 5.41) is 19.7. The van der Waals surface area contributed by atoms with Gasteiger partial charge in [-0.1, -0.05) is 18.2 Å². The van der Waals surface area contributed by atoms with Gasteiger partial charge in [0.2, 0.25) is 0 Å². The quantitative estimate of drug-likeness (QED) is 0.824. The number of aliphatic hydroxyl groups excluding tert-OH is 2. The molecule has 3 heteroatoms. The Bertz CT molecular complexity index is 470. The van der Waals surface area contributed by atoms with Crippen LogP contribution in [0.1, 0.15) is 24.5 Å². The van der Waals surface area contributed by atoms with Gasteiger partial charge in [0.25, 0.3) is 0 Å². The first-order chi connectivity index (χ1) is 7.81. The zero-order chi connectivity index (χ0) is 11.4. The standard InChI is InChI=1S/C13H15NO2/c15-8-2-4-13(16)11-6-5-10-3-1-7-14-12(10)9-11/h1,3,5-7,9,13,15-16H,2,4,8H2. The predicted octanol–water partition coefficient (Wildman–Crippen LogP) is 2.04. The second-order valence-corrected chi connectivity index (χ2v) is 3.84. The van der Waals surface area contributed by atoms with E-state index < -0.39 is 6.10 Å². The molecule has 16 heavy (non-hydrogen) atoms. The van der Waals surface area contributed by atoms with Crippen LogP contribution in [0.2, 0.25) is 0 Å². The second kappa shape index (κ2) is 5.05. The third-order valence-corrected chi connectivity index (χ3v) is 2.65. The maximum atomic E-state index is 9.87. The molecule has 1 unspecified atom stereocenters. The van der Waals surface area contributed by atoms with Crippen LogP contribution in [0.3, 0.4) is 0 Å². The zero-order valence-corrected chi connectivity index (χ0v) is 9.00. The van der Waals surface area contributed by atoms with E-state index >= 15 is 0 Å². The van der Waals surface area contributed by atoms with Gasteiger partial charge in [-0.3, -0.25) is 4.98 Å². The fourth-order valence-electron chi connectivity index (χ4n) is 1.74. The first-order valence-electron chi connectivity index (χ1n) is 5.45. The van der Waals surface area contributed by atoms with E-state index in [1.165, 1.54) is 0 Å². The summed E-state index contributed by atoms with van der Waals surface area (Å²) in [6, 6.07) is 9.65. The van der Waals surface area contributed by atoms with Gasteiger partial charge >= 0.3 is 0 Å². The summed E-state index contributed by atoms with van der Waals surface area (Å²) in [5.41, 5.74) is 1.75. The van der Waals surface area contributed by atoms with Gasteiger partial charge in [-0.15, -0.1) is 0 Å². The highest BCUT2D eigenvalue weighted by atomic mass is 16.3. The van der Waals surface area contributed by atoms with Crippen molar-refractivity contribution >= 4 is 10.9 Å². The smallest absolute Gasteiger partial charge is 0.0791 e. The van der Waals surface area contributed by atoms with Crippen molar-refractivity contribution in [3.63, 3.8) is 0 Å². The van der Waals surface area contributed by atoms with Crippen LogP contribution in [0.4, 0.5) is 0 Å². The maximum Gasteiger partial charge on any atom is 0.0791 e. The van der Waals surface area contributed by atoms with E-state index in [4.69, 9.17) is 5.11 Å². The van der Waals surface area contributed by atoms with Crippen LogP contribution in [0.15, 0.2) is 36.5 Å². The molecule has 0 radical (unpaired) electrons. The van der Waals surface area contributed by atoms with E-state index in [1.807, 2.05) is 30.3 Å². The van der Waals surface area contributed by atoms with Crippen LogP contribution >= 0.6 is 0 Å². The third-order valence-electron chi connectivity index (χ3n) is 2.65. The lowest BCUT2D eigenvalue weighted by molar-refractivity contribution is 0.152. The maximum absolute atomic E-state index is 9.87. The van der Waals surface area contributed by atoms with E-state index in [0.717, 1.165) is 16.5 Å². The SMILES string of the molecule is OCCCC(O)c1ccc2cccnc2c1. The monoisotopic (exact) mass is 217 g/mol. The molecule has 1 atom stereocenters. The summed E-state index contributed by atoms with van der Waals surface area (Å²) < 4.78 is 0. The van der Waals surface area contributed by atoms with Crippen molar-refractivity contribution in [3.8, 4) is 0 Å². The molecular formula is C13H15NO2. The highest BCUT2D eigenvalue weighted by Crippen LogP contribution is 2.21. The van der Waals surface area contributed by atoms with Gasteiger partial charge in [0.05, 0.1) is 11.6 Å². The fourth-order valence-corrected chi connectivity index (χ4v) is 1.74. The minimum absolute atomic E-state index is 0.114. The second-order valence-electron chi connectivity index (χ2n) is 3.84. The third kappa shape index (κ3) is 2.38. The topological polar surface area (TPSA) is 53.4 Å². The average molecular weight is 217 g/mol. The summed E-state index contributed by atoms with van der Waals surface area (Å²) in [6.07, 6.45) is 2.42. The molecular weight excluding hydrogens is 202 g/mol. The molecule has 3 nitrogen and oxygen atoms in total. The highest BCUT2D eigenvalue weighted by Gasteiger charge is 2.07. The summed E-state index contributed by atoms with van der Waals surface area (Å²) in [5.74, 6) is 0. The van der Waals surface area contributed by atoms with Crippen LogP contribution in [0, 0.1) is 0 Å². The lowest BCUT2D eigenvalue weighted by Crippen LogP contribution is -1.99. The molecule has 0 fully saturated rings. The first-order valence-corrected chi connectivity index (χ1v) is 5.45. The molecule has 1 heterocycles. The van der Waals surface area contributed by atoms with Crippen LogP contribution in [-0.4, -0.2) is 21.8 Å². The van der Waals surface area contributed by atoms with Crippen molar-refractivity contribution in [1.82, 2.24) is 4.98 Å². The molecule has 0 saturated carbocycles. The van der Waals surface area contributed by atoms with E-state index in [0.29, 0.717) is 12.8 Å². The molecule has 0 aliphatic carbocycles. The van der Waals surface area contributed by atoms with Crippen LogP contribution in [-0.2, 0) is 0 Å². The van der Waals surface area contributed by atoms with E-state index in [9.17, 15) is 5.11 Å². The lowest BCUT2D eigenvalue weighted by Gasteiger charge is -2.10. The number of rotatable bonds is 4. The van der Waals surface area contributed by atoms with Gasteiger partial charge in [0.15, 0.2) is 0 Å². The van der Waals surface area contributed by atoms with Gasteiger partial charge in [0, 0.05) is 18.2 Å². The molecule has 0 amide bonds. The first kappa shape index (κ1) is 11.0. The Morgan fingerprint density at radius 1 is 1.25 bits per heavy atom. The summed E-state index contributed by atoms with van der Waals surface area (Å²) in [6.45, 7) is 0.114.